The van der Waals surface area contributed by atoms with Gasteiger partial charge in [-0.05, 0) is 31.7 Å². The average molecular weight is 334 g/mol. The van der Waals surface area contributed by atoms with Gasteiger partial charge in [-0.15, -0.1) is 10.2 Å². The molecule has 128 valence electrons. The number of fused-ring (bicyclic) bond motifs is 3. The lowest BCUT2D eigenvalue weighted by molar-refractivity contribution is 0.438. The molecule has 0 aliphatic heterocycles. The van der Waals surface area contributed by atoms with Crippen LogP contribution in [0, 0.1) is 11.8 Å². The van der Waals surface area contributed by atoms with E-state index in [0.717, 1.165) is 34.9 Å². The van der Waals surface area contributed by atoms with Gasteiger partial charge in [0.05, 0.1) is 5.52 Å². The van der Waals surface area contributed by atoms with Crippen molar-refractivity contribution in [3.05, 3.63) is 35.9 Å². The summed E-state index contributed by atoms with van der Waals surface area (Å²) in [5.41, 5.74) is 7.12. The van der Waals surface area contributed by atoms with E-state index in [1.165, 1.54) is 5.57 Å². The first-order valence-corrected chi connectivity index (χ1v) is 8.66. The first-order chi connectivity index (χ1) is 12.1. The summed E-state index contributed by atoms with van der Waals surface area (Å²) >= 11 is 0. The largest absolute Gasteiger partial charge is 0.327 e. The third kappa shape index (κ3) is 2.88. The molecule has 4 rings (SSSR count). The van der Waals surface area contributed by atoms with Crippen LogP contribution in [0.15, 0.2) is 41.0 Å². The van der Waals surface area contributed by atoms with Gasteiger partial charge in [0, 0.05) is 24.6 Å². The van der Waals surface area contributed by atoms with Crippen LogP contribution < -0.4 is 5.43 Å². The summed E-state index contributed by atoms with van der Waals surface area (Å²) in [5.74, 6) is 1.48. The van der Waals surface area contributed by atoms with Crippen LogP contribution in [-0.2, 0) is 7.05 Å². The van der Waals surface area contributed by atoms with E-state index in [1.807, 2.05) is 36.0 Å². The molecule has 2 atom stereocenters. The number of anilines is 1. The van der Waals surface area contributed by atoms with Crippen molar-refractivity contribution in [2.45, 2.75) is 26.7 Å². The van der Waals surface area contributed by atoms with Crippen molar-refractivity contribution in [1.82, 2.24) is 19.7 Å². The standard InChI is InChI=1S/C19H22N6/c1-12-8-9-14(13(2)10-12)11-20-23-19-21-18-17(22-24-19)15-6-4-5-7-16(15)25(18)3/h4-8,11,13-14H,9-10H2,1-3H3,(H,21,23,24)/b20-11-/t13-,14-/m1/s1. The van der Waals surface area contributed by atoms with Crippen LogP contribution in [0.25, 0.3) is 22.1 Å². The normalized spacial score (nSPS) is 21.2. The molecule has 1 aliphatic carbocycles. The number of benzene rings is 1. The summed E-state index contributed by atoms with van der Waals surface area (Å²) in [6, 6.07) is 8.12. The average Bonchev–Trinajstić information content (AvgIpc) is 2.90. The summed E-state index contributed by atoms with van der Waals surface area (Å²) in [6.45, 7) is 4.47. The van der Waals surface area contributed by atoms with Gasteiger partial charge in [-0.3, -0.25) is 0 Å². The van der Waals surface area contributed by atoms with Crippen LogP contribution in [0.3, 0.4) is 0 Å². The van der Waals surface area contributed by atoms with Gasteiger partial charge in [0.2, 0.25) is 0 Å². The fourth-order valence-electron chi connectivity index (χ4n) is 3.56. The van der Waals surface area contributed by atoms with E-state index in [1.54, 1.807) is 0 Å². The quantitative estimate of drug-likeness (QED) is 0.448. The molecule has 0 amide bonds. The smallest absolute Gasteiger partial charge is 0.265 e. The fraction of sp³-hybridized carbons (Fsp3) is 0.368. The number of aromatic nitrogens is 4. The molecule has 6 nitrogen and oxygen atoms in total. The Bertz CT molecular complexity index is 984. The van der Waals surface area contributed by atoms with E-state index in [4.69, 9.17) is 0 Å². The second-order valence-corrected chi connectivity index (χ2v) is 6.91. The van der Waals surface area contributed by atoms with Gasteiger partial charge in [-0.25, -0.2) is 5.43 Å². The van der Waals surface area contributed by atoms with Gasteiger partial charge in [0.15, 0.2) is 5.65 Å². The van der Waals surface area contributed by atoms with E-state index in [9.17, 15) is 0 Å². The molecule has 2 heterocycles. The molecule has 1 aliphatic rings. The van der Waals surface area contributed by atoms with Crippen LogP contribution in [0.1, 0.15) is 26.7 Å². The molecule has 3 aromatic rings. The first kappa shape index (κ1) is 15.7. The molecular formula is C19H22N6. The highest BCUT2D eigenvalue weighted by molar-refractivity contribution is 6.04. The molecule has 0 fully saturated rings. The van der Waals surface area contributed by atoms with Crippen molar-refractivity contribution in [3.8, 4) is 0 Å². The first-order valence-electron chi connectivity index (χ1n) is 8.66. The molecule has 0 unspecified atom stereocenters. The number of hydrogen-bond acceptors (Lipinski definition) is 5. The number of hydrogen-bond donors (Lipinski definition) is 1. The van der Waals surface area contributed by atoms with Gasteiger partial charge in [0.25, 0.3) is 5.95 Å². The molecule has 0 bridgehead atoms. The van der Waals surface area contributed by atoms with Crippen LogP contribution in [0.2, 0.25) is 0 Å². The number of rotatable bonds is 3. The Morgan fingerprint density at radius 1 is 1.28 bits per heavy atom. The Hall–Kier alpha value is -2.76. The number of allylic oxidation sites excluding steroid dienone is 2. The van der Waals surface area contributed by atoms with Crippen molar-refractivity contribution in [2.75, 3.05) is 5.43 Å². The zero-order valence-corrected chi connectivity index (χ0v) is 14.8. The molecule has 2 aromatic heterocycles. The van der Waals surface area contributed by atoms with E-state index in [2.05, 4.69) is 51.7 Å². The minimum Gasteiger partial charge on any atom is -0.327 e. The Kier molecular flexibility index (Phi) is 3.95. The van der Waals surface area contributed by atoms with Gasteiger partial charge in [-0.1, -0.05) is 36.8 Å². The Labute approximate surface area is 146 Å². The van der Waals surface area contributed by atoms with E-state index >= 15 is 0 Å². The van der Waals surface area contributed by atoms with Crippen LogP contribution >= 0.6 is 0 Å². The number of para-hydroxylation sites is 1. The minimum atomic E-state index is 0.421. The lowest BCUT2D eigenvalue weighted by Gasteiger charge is -2.24. The summed E-state index contributed by atoms with van der Waals surface area (Å²) in [6.07, 6.45) is 6.45. The molecular weight excluding hydrogens is 312 g/mol. The maximum Gasteiger partial charge on any atom is 0.265 e. The molecule has 0 spiro atoms. The molecule has 1 aromatic carbocycles. The number of nitrogens with zero attached hydrogens (tertiary/aromatic N) is 5. The van der Waals surface area contributed by atoms with Crippen molar-refractivity contribution in [1.29, 1.82) is 0 Å². The van der Waals surface area contributed by atoms with Crippen LogP contribution in [0.5, 0.6) is 0 Å². The van der Waals surface area contributed by atoms with E-state index in [-0.39, 0.29) is 0 Å². The summed E-state index contributed by atoms with van der Waals surface area (Å²) in [5, 5.41) is 13.9. The Morgan fingerprint density at radius 2 is 2.12 bits per heavy atom. The van der Waals surface area contributed by atoms with Crippen molar-refractivity contribution in [2.24, 2.45) is 24.0 Å². The zero-order valence-electron chi connectivity index (χ0n) is 14.8. The monoisotopic (exact) mass is 334 g/mol. The van der Waals surface area contributed by atoms with Crippen LogP contribution in [0.4, 0.5) is 5.95 Å². The number of nitrogens with one attached hydrogen (secondary N) is 1. The summed E-state index contributed by atoms with van der Waals surface area (Å²) in [4.78, 5) is 4.58. The van der Waals surface area contributed by atoms with E-state index in [0.29, 0.717) is 17.8 Å². The van der Waals surface area contributed by atoms with E-state index < -0.39 is 0 Å². The second-order valence-electron chi connectivity index (χ2n) is 6.91. The lowest BCUT2D eigenvalue weighted by atomic mass is 9.82. The van der Waals surface area contributed by atoms with Crippen LogP contribution in [-0.4, -0.2) is 26.0 Å². The summed E-state index contributed by atoms with van der Waals surface area (Å²) in [7, 11) is 1.99. The predicted molar refractivity (Wildman–Crippen MR) is 102 cm³/mol. The fourth-order valence-corrected chi connectivity index (χ4v) is 3.56. The van der Waals surface area contributed by atoms with Crippen molar-refractivity contribution < 1.29 is 0 Å². The Morgan fingerprint density at radius 3 is 2.96 bits per heavy atom. The predicted octanol–water partition coefficient (Wildman–Crippen LogP) is 3.91. The Balaban J connectivity index is 1.57. The maximum atomic E-state index is 4.58. The topological polar surface area (TPSA) is 68.0 Å². The van der Waals surface area contributed by atoms with Gasteiger partial charge in [-0.2, -0.15) is 10.1 Å². The van der Waals surface area contributed by atoms with Gasteiger partial charge >= 0.3 is 0 Å². The third-order valence-electron chi connectivity index (χ3n) is 5.05. The van der Waals surface area contributed by atoms with Gasteiger partial charge < -0.3 is 4.57 Å². The minimum absolute atomic E-state index is 0.421. The molecule has 25 heavy (non-hydrogen) atoms. The highest BCUT2D eigenvalue weighted by Gasteiger charge is 2.19. The summed E-state index contributed by atoms with van der Waals surface area (Å²) < 4.78 is 2.03. The molecule has 0 saturated carbocycles. The molecule has 6 heteroatoms. The zero-order chi connectivity index (χ0) is 17.4. The molecule has 0 saturated heterocycles. The number of aryl methyl sites for hydroxylation is 1. The third-order valence-corrected chi connectivity index (χ3v) is 5.05. The SMILES string of the molecule is CC1=CC[C@H](/C=N\Nc2nnc3c4ccccc4n(C)c3n2)[C@H](C)C1. The number of hydrazone groups is 1. The second kappa shape index (κ2) is 6.27. The lowest BCUT2D eigenvalue weighted by Crippen LogP contribution is -2.17. The highest BCUT2D eigenvalue weighted by Crippen LogP contribution is 2.28. The van der Waals surface area contributed by atoms with Gasteiger partial charge in [0.1, 0.15) is 5.52 Å². The molecule has 0 radical (unpaired) electrons. The maximum absolute atomic E-state index is 4.58. The van der Waals surface area contributed by atoms with Crippen molar-refractivity contribution in [3.63, 3.8) is 0 Å². The highest BCUT2D eigenvalue weighted by atomic mass is 15.4. The van der Waals surface area contributed by atoms with Crippen molar-refractivity contribution >= 4 is 34.2 Å². The molecule has 1 N–H and O–H groups in total.